The van der Waals surface area contributed by atoms with E-state index in [2.05, 4.69) is 295 Å². The maximum atomic E-state index is 2.56. The monoisotopic (exact) mass is 949 g/mol. The molecule has 0 bridgehead atoms. The highest BCUT2D eigenvalue weighted by Crippen LogP contribution is 2.65. The summed E-state index contributed by atoms with van der Waals surface area (Å²) in [7, 11) is 0. The molecule has 0 unspecified atom stereocenters. The van der Waals surface area contributed by atoms with E-state index in [1.165, 1.54) is 105 Å². The van der Waals surface area contributed by atoms with Crippen molar-refractivity contribution in [1.82, 2.24) is 0 Å². The Labute approximate surface area is 437 Å². The molecular formula is C73H59N. The molecule has 13 rings (SSSR count). The van der Waals surface area contributed by atoms with Gasteiger partial charge in [-0.05, 0) is 141 Å². The van der Waals surface area contributed by atoms with Crippen LogP contribution in [0.25, 0.3) is 77.5 Å². The zero-order chi connectivity index (χ0) is 50.3. The van der Waals surface area contributed by atoms with Crippen molar-refractivity contribution >= 4 is 27.8 Å². The molecule has 356 valence electrons. The number of hydrogen-bond acceptors (Lipinski definition) is 1. The second-order valence-corrected chi connectivity index (χ2v) is 22.4. The molecule has 0 atom stereocenters. The number of para-hydroxylation sites is 1. The Hall–Kier alpha value is -8.52. The van der Waals surface area contributed by atoms with Crippen LogP contribution in [-0.2, 0) is 16.2 Å². The molecule has 2 aliphatic rings. The van der Waals surface area contributed by atoms with Crippen molar-refractivity contribution in [2.45, 2.75) is 57.8 Å². The molecule has 74 heavy (non-hydrogen) atoms. The number of hydrogen-bond donors (Lipinski definition) is 0. The van der Waals surface area contributed by atoms with E-state index in [0.29, 0.717) is 0 Å². The fourth-order valence-corrected chi connectivity index (χ4v) is 12.3. The first-order chi connectivity index (χ1) is 36.0. The smallest absolute Gasteiger partial charge is 0.0726 e. The molecule has 0 saturated carbocycles. The van der Waals surface area contributed by atoms with Gasteiger partial charge in [0, 0.05) is 16.8 Å². The summed E-state index contributed by atoms with van der Waals surface area (Å²) in [6, 6.07) is 93.5. The van der Waals surface area contributed by atoms with Crippen molar-refractivity contribution in [3.63, 3.8) is 0 Å². The van der Waals surface area contributed by atoms with Gasteiger partial charge in [0.1, 0.15) is 0 Å². The minimum Gasteiger partial charge on any atom is -0.309 e. The number of benzene rings is 11. The molecular weight excluding hydrogens is 891 g/mol. The van der Waals surface area contributed by atoms with Crippen LogP contribution in [0.4, 0.5) is 17.1 Å². The lowest BCUT2D eigenvalue weighted by Gasteiger charge is -2.34. The molecule has 11 aromatic carbocycles. The molecule has 0 heterocycles. The Morgan fingerprint density at radius 1 is 0.284 bits per heavy atom. The van der Waals surface area contributed by atoms with Crippen LogP contribution in [0.1, 0.15) is 74.9 Å². The lowest BCUT2D eigenvalue weighted by Crippen LogP contribution is -2.27. The predicted octanol–water partition coefficient (Wildman–Crippen LogP) is 19.9. The van der Waals surface area contributed by atoms with Gasteiger partial charge in [-0.25, -0.2) is 0 Å². The van der Waals surface area contributed by atoms with Gasteiger partial charge in [0.2, 0.25) is 0 Å². The van der Waals surface area contributed by atoms with Crippen molar-refractivity contribution in [2.75, 3.05) is 4.90 Å². The molecule has 0 aliphatic heterocycles. The van der Waals surface area contributed by atoms with Crippen LogP contribution in [0, 0.1) is 0 Å². The second-order valence-electron chi connectivity index (χ2n) is 22.4. The van der Waals surface area contributed by atoms with Gasteiger partial charge in [-0.3, -0.25) is 0 Å². The molecule has 1 spiro atoms. The minimum absolute atomic E-state index is 0.0399. The molecule has 0 saturated heterocycles. The van der Waals surface area contributed by atoms with Gasteiger partial charge in [0.25, 0.3) is 0 Å². The Morgan fingerprint density at radius 2 is 0.770 bits per heavy atom. The third-order valence-corrected chi connectivity index (χ3v) is 16.0. The van der Waals surface area contributed by atoms with Gasteiger partial charge in [-0.15, -0.1) is 0 Å². The lowest BCUT2D eigenvalue weighted by molar-refractivity contribution is 0.586. The Morgan fingerprint density at radius 3 is 1.42 bits per heavy atom. The third kappa shape index (κ3) is 7.20. The topological polar surface area (TPSA) is 3.24 Å². The van der Waals surface area contributed by atoms with E-state index < -0.39 is 5.41 Å². The number of fused-ring (bicyclic) bond motifs is 11. The molecule has 0 radical (unpaired) electrons. The highest BCUT2D eigenvalue weighted by Gasteiger charge is 2.53. The quantitative estimate of drug-likeness (QED) is 0.154. The molecule has 1 heteroatoms. The third-order valence-electron chi connectivity index (χ3n) is 16.0. The van der Waals surface area contributed by atoms with Crippen molar-refractivity contribution < 1.29 is 0 Å². The summed E-state index contributed by atoms with van der Waals surface area (Å²) in [6.07, 6.45) is 0. The fraction of sp³-hybridized carbons (Fsp3) is 0.123. The molecule has 0 fully saturated rings. The predicted molar refractivity (Wildman–Crippen MR) is 314 cm³/mol. The van der Waals surface area contributed by atoms with Crippen LogP contribution >= 0.6 is 0 Å². The van der Waals surface area contributed by atoms with Gasteiger partial charge >= 0.3 is 0 Å². The lowest BCUT2D eigenvalue weighted by atomic mass is 9.69. The highest BCUT2D eigenvalue weighted by atomic mass is 15.1. The maximum absolute atomic E-state index is 2.56. The summed E-state index contributed by atoms with van der Waals surface area (Å²) in [5, 5.41) is 2.49. The summed E-state index contributed by atoms with van der Waals surface area (Å²) in [5.74, 6) is 0. The number of rotatable bonds is 7. The summed E-state index contributed by atoms with van der Waals surface area (Å²) in [6.45, 7) is 14.1. The van der Waals surface area contributed by atoms with Gasteiger partial charge in [0.15, 0.2) is 0 Å². The zero-order valence-corrected chi connectivity index (χ0v) is 43.1. The largest absolute Gasteiger partial charge is 0.309 e. The highest BCUT2D eigenvalue weighted by molar-refractivity contribution is 6.04. The van der Waals surface area contributed by atoms with E-state index in [-0.39, 0.29) is 10.8 Å². The molecule has 0 N–H and O–H groups in total. The van der Waals surface area contributed by atoms with Crippen LogP contribution in [0.5, 0.6) is 0 Å². The molecule has 0 aromatic heterocycles. The molecule has 1 nitrogen and oxygen atoms in total. The van der Waals surface area contributed by atoms with E-state index in [9.17, 15) is 0 Å². The van der Waals surface area contributed by atoms with E-state index >= 15 is 0 Å². The first kappa shape index (κ1) is 45.4. The van der Waals surface area contributed by atoms with Crippen molar-refractivity contribution in [2.24, 2.45) is 0 Å². The van der Waals surface area contributed by atoms with Crippen LogP contribution in [-0.4, -0.2) is 0 Å². The summed E-state index contributed by atoms with van der Waals surface area (Å²) >= 11 is 0. The first-order valence-electron chi connectivity index (χ1n) is 26.2. The second kappa shape index (κ2) is 17.3. The van der Waals surface area contributed by atoms with Gasteiger partial charge < -0.3 is 4.90 Å². The molecule has 0 amide bonds. The molecule has 11 aromatic rings. The van der Waals surface area contributed by atoms with Crippen molar-refractivity contribution in [3.05, 3.63) is 282 Å². The van der Waals surface area contributed by atoms with Gasteiger partial charge in [-0.1, -0.05) is 260 Å². The number of anilines is 3. The Balaban J connectivity index is 1.08. The molecule has 2 aliphatic carbocycles. The van der Waals surface area contributed by atoms with Crippen molar-refractivity contribution in [1.29, 1.82) is 0 Å². The maximum Gasteiger partial charge on any atom is 0.0726 e. The average Bonchev–Trinajstić information content (AvgIpc) is 3.91. The first-order valence-corrected chi connectivity index (χ1v) is 26.2. The standard InChI is InChI=1S/C73H59N/c1-71(2,3)53-39-43-60-61-44-40-54(72(4,5)6)47-67(61)73(66(60)46-53)64-31-18-16-30-63(64)70-65(73)32-20-34-69(70)74(55-41-37-49(38-42-55)52-36-35-48-21-10-11-24-51(48)45-52)68-33-19-17-29-62(68)59-28-15-14-27-58(59)57-26-13-12-25-56(57)50-22-8-7-9-23-50/h7-47H,1-6H3. The Bertz CT molecular complexity index is 3910. The summed E-state index contributed by atoms with van der Waals surface area (Å²) in [5.41, 5.74) is 25.5. The van der Waals surface area contributed by atoms with Gasteiger partial charge in [0.05, 0.1) is 16.8 Å². The Kier molecular flexibility index (Phi) is 10.6. The van der Waals surface area contributed by atoms with E-state index in [0.717, 1.165) is 22.6 Å². The van der Waals surface area contributed by atoms with Gasteiger partial charge in [-0.2, -0.15) is 0 Å². The van der Waals surface area contributed by atoms with Crippen LogP contribution < -0.4 is 4.90 Å². The number of nitrogens with zero attached hydrogens (tertiary/aromatic N) is 1. The van der Waals surface area contributed by atoms with E-state index in [1.54, 1.807) is 0 Å². The van der Waals surface area contributed by atoms with Crippen LogP contribution in [0.2, 0.25) is 0 Å². The normalized spacial score (nSPS) is 13.1. The van der Waals surface area contributed by atoms with Crippen LogP contribution in [0.3, 0.4) is 0 Å². The summed E-state index contributed by atoms with van der Waals surface area (Å²) < 4.78 is 0. The minimum atomic E-state index is -0.548. The summed E-state index contributed by atoms with van der Waals surface area (Å²) in [4.78, 5) is 2.56. The SMILES string of the molecule is CC(C)(C)c1ccc2c(c1)C1(c3cc(C(C)(C)C)ccc3-2)c2ccccc2-c2c(N(c3ccc(-c4ccc5ccccc5c4)cc3)c3ccccc3-c3ccccc3-c3ccccc3-c3ccccc3)cccc21. The van der Waals surface area contributed by atoms with Crippen LogP contribution in [0.15, 0.2) is 249 Å². The fourth-order valence-electron chi connectivity index (χ4n) is 12.3. The van der Waals surface area contributed by atoms with E-state index in [1.807, 2.05) is 0 Å². The zero-order valence-electron chi connectivity index (χ0n) is 43.1. The van der Waals surface area contributed by atoms with Crippen molar-refractivity contribution in [3.8, 4) is 66.8 Å². The van der Waals surface area contributed by atoms with E-state index in [4.69, 9.17) is 0 Å². The average molecular weight is 950 g/mol.